The van der Waals surface area contributed by atoms with Gasteiger partial charge in [-0.05, 0) is 36.8 Å². The van der Waals surface area contributed by atoms with Crippen molar-refractivity contribution >= 4 is 11.9 Å². The second kappa shape index (κ2) is 6.74. The van der Waals surface area contributed by atoms with Crippen molar-refractivity contribution < 1.29 is 14.7 Å². The van der Waals surface area contributed by atoms with Crippen LogP contribution in [0.4, 0.5) is 0 Å². The number of carbonyl (C=O) groups is 2. The lowest BCUT2D eigenvalue weighted by Gasteiger charge is -2.37. The Kier molecular flexibility index (Phi) is 4.99. The van der Waals surface area contributed by atoms with Crippen LogP contribution in [-0.2, 0) is 16.0 Å². The molecule has 1 aliphatic rings. The summed E-state index contributed by atoms with van der Waals surface area (Å²) >= 11 is 0. The van der Waals surface area contributed by atoms with E-state index in [0.29, 0.717) is 18.9 Å². The van der Waals surface area contributed by atoms with E-state index in [9.17, 15) is 14.7 Å². The maximum Gasteiger partial charge on any atom is 0.326 e. The number of carboxylic acids is 1. The normalized spacial score (nSPS) is 22.1. The number of carbonyl (C=O) groups excluding carboxylic acids is 1. The van der Waals surface area contributed by atoms with Crippen LogP contribution in [0, 0.1) is 12.8 Å². The molecule has 1 saturated heterocycles. The van der Waals surface area contributed by atoms with Crippen molar-refractivity contribution in [1.82, 2.24) is 4.90 Å². The van der Waals surface area contributed by atoms with E-state index in [0.717, 1.165) is 24.0 Å². The number of carboxylic acid groups (broad SMARTS) is 1. The van der Waals surface area contributed by atoms with Gasteiger partial charge in [-0.2, -0.15) is 0 Å². The van der Waals surface area contributed by atoms with E-state index in [1.165, 1.54) is 0 Å². The maximum atomic E-state index is 12.5. The number of amides is 1. The van der Waals surface area contributed by atoms with E-state index in [2.05, 4.69) is 6.92 Å². The Bertz CT molecular complexity index is 527. The molecule has 0 saturated carbocycles. The van der Waals surface area contributed by atoms with Crippen LogP contribution in [0.2, 0.25) is 0 Å². The zero-order valence-corrected chi connectivity index (χ0v) is 12.7. The molecule has 0 aromatic heterocycles. The third-order valence-electron chi connectivity index (χ3n) is 4.50. The van der Waals surface area contributed by atoms with Crippen molar-refractivity contribution in [3.05, 3.63) is 35.4 Å². The first-order chi connectivity index (χ1) is 10.0. The van der Waals surface area contributed by atoms with Gasteiger partial charge in [0, 0.05) is 6.54 Å². The molecular formula is C17H23NO3. The topological polar surface area (TPSA) is 57.6 Å². The van der Waals surface area contributed by atoms with Gasteiger partial charge in [0.05, 0.1) is 6.42 Å². The first-order valence-corrected chi connectivity index (χ1v) is 7.59. The molecule has 4 heteroatoms. The lowest BCUT2D eigenvalue weighted by molar-refractivity contribution is -0.152. The van der Waals surface area contributed by atoms with Gasteiger partial charge in [-0.15, -0.1) is 0 Å². The van der Waals surface area contributed by atoms with E-state index < -0.39 is 12.0 Å². The van der Waals surface area contributed by atoms with Gasteiger partial charge in [0.2, 0.25) is 5.91 Å². The van der Waals surface area contributed by atoms with Gasteiger partial charge in [0.1, 0.15) is 6.04 Å². The summed E-state index contributed by atoms with van der Waals surface area (Å²) in [5, 5.41) is 9.40. The molecule has 2 unspecified atom stereocenters. The van der Waals surface area contributed by atoms with Crippen molar-refractivity contribution in [2.75, 3.05) is 6.54 Å². The van der Waals surface area contributed by atoms with E-state index >= 15 is 0 Å². The quantitative estimate of drug-likeness (QED) is 0.927. The average molecular weight is 289 g/mol. The van der Waals surface area contributed by atoms with Crippen LogP contribution in [0.25, 0.3) is 0 Å². The molecule has 1 fully saturated rings. The predicted octanol–water partition coefficient (Wildman–Crippen LogP) is 2.64. The number of nitrogens with zero attached hydrogens (tertiary/aromatic N) is 1. The summed E-state index contributed by atoms with van der Waals surface area (Å²) in [6.45, 7) is 4.61. The predicted molar refractivity (Wildman–Crippen MR) is 81.0 cm³/mol. The number of benzene rings is 1. The number of hydrogen-bond acceptors (Lipinski definition) is 2. The van der Waals surface area contributed by atoms with Crippen LogP contribution < -0.4 is 0 Å². The summed E-state index contributed by atoms with van der Waals surface area (Å²) < 4.78 is 0. The van der Waals surface area contributed by atoms with Crippen molar-refractivity contribution in [2.45, 2.75) is 45.6 Å². The Hall–Kier alpha value is -1.84. The highest BCUT2D eigenvalue weighted by atomic mass is 16.4. The highest BCUT2D eigenvalue weighted by molar-refractivity contribution is 5.85. The molecule has 0 spiro atoms. The van der Waals surface area contributed by atoms with Crippen LogP contribution in [0.5, 0.6) is 0 Å². The van der Waals surface area contributed by atoms with Gasteiger partial charge in [0.25, 0.3) is 0 Å². The highest BCUT2D eigenvalue weighted by Gasteiger charge is 2.35. The molecule has 114 valence electrons. The summed E-state index contributed by atoms with van der Waals surface area (Å²) in [6.07, 6.45) is 2.74. The Labute approximate surface area is 125 Å². The second-order valence-electron chi connectivity index (χ2n) is 5.84. The first-order valence-electron chi connectivity index (χ1n) is 7.59. The Morgan fingerprint density at radius 3 is 2.67 bits per heavy atom. The molecule has 0 bridgehead atoms. The van der Waals surface area contributed by atoms with Crippen molar-refractivity contribution in [3.63, 3.8) is 0 Å². The Balaban J connectivity index is 2.10. The molecule has 0 aliphatic carbocycles. The maximum absolute atomic E-state index is 12.5. The minimum atomic E-state index is -0.883. The molecule has 1 aromatic rings. The zero-order valence-electron chi connectivity index (χ0n) is 12.7. The number of rotatable bonds is 4. The van der Waals surface area contributed by atoms with Crippen LogP contribution in [0.1, 0.15) is 37.3 Å². The van der Waals surface area contributed by atoms with Gasteiger partial charge in [-0.25, -0.2) is 4.79 Å². The third kappa shape index (κ3) is 3.63. The SMILES string of the molecule is CCC1CCN(C(=O)Cc2ccccc2C)C(C(=O)O)C1. The number of likely N-dealkylation sites (tertiary alicyclic amines) is 1. The number of piperidine rings is 1. The lowest BCUT2D eigenvalue weighted by Crippen LogP contribution is -2.50. The summed E-state index contributed by atoms with van der Waals surface area (Å²) in [5.41, 5.74) is 2.05. The summed E-state index contributed by atoms with van der Waals surface area (Å²) in [4.78, 5) is 25.5. The molecule has 1 aromatic carbocycles. The molecule has 2 atom stereocenters. The lowest BCUT2D eigenvalue weighted by atomic mass is 9.88. The van der Waals surface area contributed by atoms with Gasteiger partial charge >= 0.3 is 5.97 Å². The average Bonchev–Trinajstić information content (AvgIpc) is 2.48. The molecule has 1 aliphatic heterocycles. The molecule has 21 heavy (non-hydrogen) atoms. The first kappa shape index (κ1) is 15.5. The second-order valence-corrected chi connectivity index (χ2v) is 5.84. The number of aliphatic carboxylic acids is 1. The molecule has 2 rings (SSSR count). The van der Waals surface area contributed by atoms with Gasteiger partial charge < -0.3 is 10.0 Å². The van der Waals surface area contributed by atoms with E-state index in [1.807, 2.05) is 31.2 Å². The number of aryl methyl sites for hydroxylation is 1. The zero-order chi connectivity index (χ0) is 15.4. The Morgan fingerprint density at radius 1 is 1.33 bits per heavy atom. The smallest absolute Gasteiger partial charge is 0.326 e. The fourth-order valence-corrected chi connectivity index (χ4v) is 3.01. The highest BCUT2D eigenvalue weighted by Crippen LogP contribution is 2.26. The molecule has 0 radical (unpaired) electrons. The monoisotopic (exact) mass is 289 g/mol. The van der Waals surface area contributed by atoms with Crippen LogP contribution >= 0.6 is 0 Å². The number of hydrogen-bond donors (Lipinski definition) is 1. The van der Waals surface area contributed by atoms with Gasteiger partial charge in [-0.1, -0.05) is 37.6 Å². The largest absolute Gasteiger partial charge is 0.480 e. The minimum Gasteiger partial charge on any atom is -0.480 e. The molecule has 1 heterocycles. The summed E-state index contributed by atoms with van der Waals surface area (Å²) in [7, 11) is 0. The van der Waals surface area contributed by atoms with Crippen LogP contribution in [-0.4, -0.2) is 34.5 Å². The van der Waals surface area contributed by atoms with Crippen molar-refractivity contribution in [2.24, 2.45) is 5.92 Å². The van der Waals surface area contributed by atoms with Gasteiger partial charge in [-0.3, -0.25) is 4.79 Å². The molecule has 1 N–H and O–H groups in total. The van der Waals surface area contributed by atoms with Gasteiger partial charge in [0.15, 0.2) is 0 Å². The van der Waals surface area contributed by atoms with E-state index in [1.54, 1.807) is 4.90 Å². The molecule has 4 nitrogen and oxygen atoms in total. The fraction of sp³-hybridized carbons (Fsp3) is 0.529. The summed E-state index contributed by atoms with van der Waals surface area (Å²) in [5.74, 6) is -0.550. The van der Waals surface area contributed by atoms with E-state index in [4.69, 9.17) is 0 Å². The van der Waals surface area contributed by atoms with Crippen molar-refractivity contribution in [3.8, 4) is 0 Å². The molecular weight excluding hydrogens is 266 g/mol. The van der Waals surface area contributed by atoms with Crippen LogP contribution in [0.3, 0.4) is 0 Å². The van der Waals surface area contributed by atoms with Crippen molar-refractivity contribution in [1.29, 1.82) is 0 Å². The standard InChI is InChI=1S/C17H23NO3/c1-3-13-8-9-18(15(10-13)17(20)21)16(19)11-14-7-5-4-6-12(14)2/h4-7,13,15H,3,8-11H2,1-2H3,(H,20,21). The minimum absolute atomic E-state index is 0.0775. The molecule has 1 amide bonds. The Morgan fingerprint density at radius 2 is 2.05 bits per heavy atom. The summed E-state index contributed by atoms with van der Waals surface area (Å²) in [6, 6.07) is 7.09. The van der Waals surface area contributed by atoms with Crippen LogP contribution in [0.15, 0.2) is 24.3 Å². The van der Waals surface area contributed by atoms with E-state index in [-0.39, 0.29) is 12.3 Å². The third-order valence-corrected chi connectivity index (χ3v) is 4.50. The fourth-order valence-electron chi connectivity index (χ4n) is 3.01.